The van der Waals surface area contributed by atoms with Crippen LogP contribution in [0.5, 0.6) is 0 Å². The topological polar surface area (TPSA) is 116 Å². The molecule has 1 aromatic rings. The molecule has 0 heterocycles. The third kappa shape index (κ3) is 6.68. The molecule has 8 heteroatoms. The molecule has 0 bridgehead atoms. The quantitative estimate of drug-likeness (QED) is 0.687. The Balaban J connectivity index is 2.52. The molecule has 1 amide bonds. The van der Waals surface area contributed by atoms with Gasteiger partial charge < -0.3 is 10.5 Å². The summed E-state index contributed by atoms with van der Waals surface area (Å²) < 4.78 is 29.9. The van der Waals surface area contributed by atoms with Gasteiger partial charge in [0.1, 0.15) is 6.54 Å². The number of carbonyl (C=O) groups is 2. The average Bonchev–Trinajstić information content (AvgIpc) is 2.44. The van der Waals surface area contributed by atoms with Crippen LogP contribution in [0, 0.1) is 0 Å². The van der Waals surface area contributed by atoms with E-state index in [2.05, 4.69) is 4.74 Å². The fourth-order valence-electron chi connectivity index (χ4n) is 1.24. The molecular formula is C13H16N2O5S. The maximum Gasteiger partial charge on any atom is 0.321 e. The highest BCUT2D eigenvalue weighted by molar-refractivity contribution is 7.92. The number of sulfonamides is 1. The van der Waals surface area contributed by atoms with Crippen molar-refractivity contribution >= 4 is 28.0 Å². The zero-order valence-corrected chi connectivity index (χ0v) is 12.2. The summed E-state index contributed by atoms with van der Waals surface area (Å²) in [5, 5.41) is 0.938. The normalized spacial score (nSPS) is 13.0. The van der Waals surface area contributed by atoms with Gasteiger partial charge in [0.15, 0.2) is 6.10 Å². The van der Waals surface area contributed by atoms with E-state index in [9.17, 15) is 18.0 Å². The average molecular weight is 312 g/mol. The van der Waals surface area contributed by atoms with E-state index in [-0.39, 0.29) is 0 Å². The number of esters is 1. The molecule has 0 aliphatic carbocycles. The predicted molar refractivity (Wildman–Crippen MR) is 77.1 cm³/mol. The molecule has 0 radical (unpaired) electrons. The summed E-state index contributed by atoms with van der Waals surface area (Å²) in [4.78, 5) is 22.0. The first-order valence-corrected chi connectivity index (χ1v) is 7.56. The lowest BCUT2D eigenvalue weighted by Crippen LogP contribution is -2.35. The highest BCUT2D eigenvalue weighted by Crippen LogP contribution is 2.02. The number of nitrogens with one attached hydrogen (secondary N) is 1. The van der Waals surface area contributed by atoms with Gasteiger partial charge in [-0.05, 0) is 18.6 Å². The Hall–Kier alpha value is -2.19. The Morgan fingerprint density at radius 2 is 1.95 bits per heavy atom. The largest absolute Gasteiger partial charge is 0.452 e. The Labute approximate surface area is 122 Å². The van der Waals surface area contributed by atoms with Gasteiger partial charge in [-0.25, -0.2) is 13.1 Å². The van der Waals surface area contributed by atoms with Crippen LogP contribution in [0.4, 0.5) is 0 Å². The first kappa shape index (κ1) is 16.9. The minimum atomic E-state index is -3.78. The molecule has 1 atom stereocenters. The molecule has 0 aromatic heterocycles. The van der Waals surface area contributed by atoms with E-state index in [1.54, 1.807) is 30.3 Å². The van der Waals surface area contributed by atoms with E-state index in [1.807, 2.05) is 4.72 Å². The van der Waals surface area contributed by atoms with E-state index < -0.39 is 34.5 Å². The van der Waals surface area contributed by atoms with E-state index in [4.69, 9.17) is 5.73 Å². The van der Waals surface area contributed by atoms with Gasteiger partial charge in [-0.3, -0.25) is 9.59 Å². The number of rotatable bonds is 7. The second kappa shape index (κ2) is 7.55. The predicted octanol–water partition coefficient (Wildman–Crippen LogP) is -0.00630. The summed E-state index contributed by atoms with van der Waals surface area (Å²) in [6.45, 7) is 0.711. The van der Waals surface area contributed by atoms with Gasteiger partial charge >= 0.3 is 5.97 Å². The third-order valence-corrected chi connectivity index (χ3v) is 3.41. The highest BCUT2D eigenvalue weighted by atomic mass is 32.2. The molecule has 1 rings (SSSR count). The highest BCUT2D eigenvalue weighted by Gasteiger charge is 2.16. The van der Waals surface area contributed by atoms with Gasteiger partial charge in [0.2, 0.25) is 10.0 Å². The number of hydrogen-bond donors (Lipinski definition) is 2. The molecule has 0 saturated heterocycles. The lowest BCUT2D eigenvalue weighted by atomic mass is 10.2. The van der Waals surface area contributed by atoms with Crippen LogP contribution in [-0.2, 0) is 24.3 Å². The van der Waals surface area contributed by atoms with Crippen molar-refractivity contribution in [3.8, 4) is 0 Å². The minimum absolute atomic E-state index is 0.584. The summed E-state index contributed by atoms with van der Waals surface area (Å²) in [7, 11) is -3.78. The molecule has 1 aromatic carbocycles. The Bertz CT molecular complexity index is 625. The summed E-state index contributed by atoms with van der Waals surface area (Å²) in [5.41, 5.74) is 5.61. The number of primary amides is 1. The maximum absolute atomic E-state index is 11.6. The van der Waals surface area contributed by atoms with Crippen molar-refractivity contribution in [2.75, 3.05) is 6.54 Å². The summed E-state index contributed by atoms with van der Waals surface area (Å²) in [6.07, 6.45) is 0.279. The van der Waals surface area contributed by atoms with Gasteiger partial charge in [-0.2, -0.15) is 0 Å². The smallest absolute Gasteiger partial charge is 0.321 e. The summed E-state index contributed by atoms with van der Waals surface area (Å²) >= 11 is 0. The first-order chi connectivity index (χ1) is 9.80. The van der Waals surface area contributed by atoms with Crippen LogP contribution in [-0.4, -0.2) is 32.9 Å². The van der Waals surface area contributed by atoms with Gasteiger partial charge in [0, 0.05) is 5.41 Å². The zero-order valence-electron chi connectivity index (χ0n) is 11.4. The molecule has 0 spiro atoms. The standard InChI is InChI=1S/C13H16N2O5S/c1-10(13(14)17)20-12(16)9-15-21(18,19)8-7-11-5-3-2-4-6-11/h2-8,10,15H,9H2,1H3,(H2,14,17)/b8-7+. The molecule has 0 aliphatic heterocycles. The molecule has 21 heavy (non-hydrogen) atoms. The van der Waals surface area contributed by atoms with Crippen LogP contribution in [0.25, 0.3) is 6.08 Å². The molecule has 7 nitrogen and oxygen atoms in total. The van der Waals surface area contributed by atoms with E-state index in [0.717, 1.165) is 5.41 Å². The molecule has 3 N–H and O–H groups in total. The minimum Gasteiger partial charge on any atom is -0.452 e. The molecule has 0 aliphatic rings. The van der Waals surface area contributed by atoms with Crippen molar-refractivity contribution < 1.29 is 22.7 Å². The fourth-order valence-corrected chi connectivity index (χ4v) is 1.99. The monoisotopic (exact) mass is 312 g/mol. The lowest BCUT2D eigenvalue weighted by molar-refractivity contribution is -0.152. The van der Waals surface area contributed by atoms with E-state index in [0.29, 0.717) is 5.56 Å². The lowest BCUT2D eigenvalue weighted by Gasteiger charge is -2.09. The van der Waals surface area contributed by atoms with Crippen LogP contribution in [0.3, 0.4) is 0 Å². The number of benzene rings is 1. The second-order valence-electron chi connectivity index (χ2n) is 4.11. The van der Waals surface area contributed by atoms with Crippen molar-refractivity contribution in [1.82, 2.24) is 4.72 Å². The first-order valence-electron chi connectivity index (χ1n) is 6.02. The van der Waals surface area contributed by atoms with E-state index >= 15 is 0 Å². The third-order valence-electron chi connectivity index (χ3n) is 2.37. The Morgan fingerprint density at radius 1 is 1.33 bits per heavy atom. The molecule has 0 fully saturated rings. The zero-order chi connectivity index (χ0) is 15.9. The van der Waals surface area contributed by atoms with Crippen LogP contribution >= 0.6 is 0 Å². The summed E-state index contributed by atoms with van der Waals surface area (Å²) in [6, 6.07) is 8.80. The van der Waals surface area contributed by atoms with Crippen LogP contribution in [0.1, 0.15) is 12.5 Å². The second-order valence-corrected chi connectivity index (χ2v) is 5.76. The fraction of sp³-hybridized carbons (Fsp3) is 0.231. The summed E-state index contributed by atoms with van der Waals surface area (Å²) in [5.74, 6) is -1.70. The number of ether oxygens (including phenoxy) is 1. The van der Waals surface area contributed by atoms with Crippen molar-refractivity contribution in [1.29, 1.82) is 0 Å². The van der Waals surface area contributed by atoms with Crippen LogP contribution in [0.2, 0.25) is 0 Å². The van der Waals surface area contributed by atoms with Crippen molar-refractivity contribution in [2.45, 2.75) is 13.0 Å². The molecule has 1 unspecified atom stereocenters. The van der Waals surface area contributed by atoms with Gasteiger partial charge in [0.05, 0.1) is 0 Å². The number of amides is 1. The van der Waals surface area contributed by atoms with Gasteiger partial charge in [-0.15, -0.1) is 0 Å². The van der Waals surface area contributed by atoms with Crippen molar-refractivity contribution in [3.05, 3.63) is 41.3 Å². The van der Waals surface area contributed by atoms with Crippen molar-refractivity contribution in [2.24, 2.45) is 5.73 Å². The van der Waals surface area contributed by atoms with Crippen LogP contribution < -0.4 is 10.5 Å². The Kier molecular flexibility index (Phi) is 6.07. The van der Waals surface area contributed by atoms with Gasteiger partial charge in [0.25, 0.3) is 5.91 Å². The maximum atomic E-state index is 11.6. The number of hydrogen-bond acceptors (Lipinski definition) is 5. The van der Waals surface area contributed by atoms with Crippen molar-refractivity contribution in [3.63, 3.8) is 0 Å². The van der Waals surface area contributed by atoms with Gasteiger partial charge in [-0.1, -0.05) is 30.3 Å². The SMILES string of the molecule is CC(OC(=O)CNS(=O)(=O)/C=C/c1ccccc1)C(N)=O. The molecule has 114 valence electrons. The molecular weight excluding hydrogens is 296 g/mol. The number of carbonyl (C=O) groups excluding carboxylic acids is 2. The number of nitrogens with two attached hydrogens (primary N) is 1. The van der Waals surface area contributed by atoms with Crippen LogP contribution in [0.15, 0.2) is 35.7 Å². The van der Waals surface area contributed by atoms with E-state index in [1.165, 1.54) is 13.0 Å². The Morgan fingerprint density at radius 3 is 2.52 bits per heavy atom. The molecule has 0 saturated carbocycles.